The zero-order valence-electron chi connectivity index (χ0n) is 11.7. The molecule has 0 aliphatic rings. The molecule has 20 heavy (non-hydrogen) atoms. The maximum Gasteiger partial charge on any atom is 0.134 e. The predicted molar refractivity (Wildman–Crippen MR) is 78.1 cm³/mol. The molecule has 0 fully saturated rings. The van der Waals surface area contributed by atoms with Crippen LogP contribution < -0.4 is 0 Å². The van der Waals surface area contributed by atoms with Crippen molar-refractivity contribution in [3.05, 3.63) is 60.4 Å². The fourth-order valence-electron chi connectivity index (χ4n) is 2.27. The molecule has 1 atom stereocenters. The van der Waals surface area contributed by atoms with Crippen molar-refractivity contribution in [3.63, 3.8) is 0 Å². The Labute approximate surface area is 118 Å². The zero-order chi connectivity index (χ0) is 13.9. The van der Waals surface area contributed by atoms with Crippen LogP contribution in [0.3, 0.4) is 0 Å². The molecule has 0 saturated carbocycles. The molecule has 3 rings (SSSR count). The highest BCUT2D eigenvalue weighted by Gasteiger charge is 2.15. The van der Waals surface area contributed by atoms with Crippen LogP contribution in [0.4, 0.5) is 0 Å². The summed E-state index contributed by atoms with van der Waals surface area (Å²) in [6.45, 7) is 2.88. The lowest BCUT2D eigenvalue weighted by atomic mass is 10.2. The molecule has 0 amide bonds. The van der Waals surface area contributed by atoms with Crippen LogP contribution in [-0.2, 0) is 6.54 Å². The number of hydrogen-bond donors (Lipinski definition) is 0. The van der Waals surface area contributed by atoms with Crippen molar-refractivity contribution >= 4 is 11.0 Å². The quantitative estimate of drug-likeness (QED) is 0.726. The summed E-state index contributed by atoms with van der Waals surface area (Å²) < 4.78 is 5.85. The fraction of sp³-hybridized carbons (Fsp3) is 0.250. The van der Waals surface area contributed by atoms with Gasteiger partial charge in [-0.15, -0.1) is 0 Å². The van der Waals surface area contributed by atoms with Crippen molar-refractivity contribution in [1.82, 2.24) is 14.9 Å². The van der Waals surface area contributed by atoms with Gasteiger partial charge in [-0.25, -0.2) is 9.97 Å². The molecule has 3 aromatic rings. The van der Waals surface area contributed by atoms with Gasteiger partial charge in [-0.1, -0.05) is 18.2 Å². The largest absolute Gasteiger partial charge is 0.460 e. The van der Waals surface area contributed by atoms with E-state index in [9.17, 15) is 0 Å². The average Bonchev–Trinajstić information content (AvgIpc) is 2.89. The van der Waals surface area contributed by atoms with Crippen molar-refractivity contribution in [1.29, 1.82) is 0 Å². The third-order valence-electron chi connectivity index (χ3n) is 3.58. The Hall–Kier alpha value is -2.20. The van der Waals surface area contributed by atoms with Crippen molar-refractivity contribution < 1.29 is 4.42 Å². The second-order valence-electron chi connectivity index (χ2n) is 4.98. The van der Waals surface area contributed by atoms with Gasteiger partial charge < -0.3 is 4.42 Å². The number of aromatic nitrogens is 2. The van der Waals surface area contributed by atoms with E-state index in [1.807, 2.05) is 24.3 Å². The Balaban J connectivity index is 1.76. The maximum absolute atomic E-state index is 5.85. The second kappa shape index (κ2) is 5.43. The second-order valence-corrected chi connectivity index (χ2v) is 4.98. The van der Waals surface area contributed by atoms with Crippen molar-refractivity contribution in [2.75, 3.05) is 7.05 Å². The maximum atomic E-state index is 5.85. The third kappa shape index (κ3) is 2.56. The minimum Gasteiger partial charge on any atom is -0.460 e. The van der Waals surface area contributed by atoms with E-state index >= 15 is 0 Å². The van der Waals surface area contributed by atoms with Crippen molar-refractivity contribution in [2.24, 2.45) is 0 Å². The Morgan fingerprint density at radius 2 is 2.10 bits per heavy atom. The van der Waals surface area contributed by atoms with Gasteiger partial charge in [-0.2, -0.15) is 0 Å². The Morgan fingerprint density at radius 3 is 2.85 bits per heavy atom. The van der Waals surface area contributed by atoms with Gasteiger partial charge in [0.1, 0.15) is 17.7 Å². The van der Waals surface area contributed by atoms with Gasteiger partial charge >= 0.3 is 0 Å². The minimum atomic E-state index is 0.214. The standard InChI is InChI=1S/C16H17N3O/c1-12(15-7-8-17-11-18-15)19(2)10-14-9-13-5-3-4-6-16(13)20-14/h3-9,11-12H,10H2,1-2H3/t12-/m0/s1. The molecule has 0 saturated heterocycles. The molecule has 0 unspecified atom stereocenters. The van der Waals surface area contributed by atoms with E-state index in [0.29, 0.717) is 0 Å². The molecular weight excluding hydrogens is 250 g/mol. The van der Waals surface area contributed by atoms with E-state index in [0.717, 1.165) is 29.0 Å². The highest BCUT2D eigenvalue weighted by Crippen LogP contribution is 2.23. The number of nitrogens with zero attached hydrogens (tertiary/aromatic N) is 3. The molecule has 2 heterocycles. The monoisotopic (exact) mass is 267 g/mol. The normalized spacial score (nSPS) is 12.9. The lowest BCUT2D eigenvalue weighted by Gasteiger charge is -2.22. The molecule has 0 aliphatic carbocycles. The van der Waals surface area contributed by atoms with Crippen molar-refractivity contribution in [2.45, 2.75) is 19.5 Å². The molecule has 0 aliphatic heterocycles. The number of hydrogen-bond acceptors (Lipinski definition) is 4. The van der Waals surface area contributed by atoms with Crippen LogP contribution in [0.25, 0.3) is 11.0 Å². The molecule has 4 heteroatoms. The predicted octanol–water partition coefficient (Wildman–Crippen LogP) is 3.42. The molecule has 2 aromatic heterocycles. The first kappa shape index (κ1) is 12.8. The van der Waals surface area contributed by atoms with Crippen LogP contribution >= 0.6 is 0 Å². The van der Waals surface area contributed by atoms with Crippen molar-refractivity contribution in [3.8, 4) is 0 Å². The lowest BCUT2D eigenvalue weighted by Crippen LogP contribution is -2.22. The smallest absolute Gasteiger partial charge is 0.134 e. The Bertz CT molecular complexity index is 660. The number of para-hydroxylation sites is 1. The van der Waals surface area contributed by atoms with Gasteiger partial charge in [-0.05, 0) is 32.2 Å². The van der Waals surface area contributed by atoms with Gasteiger partial charge in [0.25, 0.3) is 0 Å². The van der Waals surface area contributed by atoms with Crippen LogP contribution in [0.2, 0.25) is 0 Å². The summed E-state index contributed by atoms with van der Waals surface area (Å²) in [5.41, 5.74) is 1.95. The molecular formula is C16H17N3O. The third-order valence-corrected chi connectivity index (χ3v) is 3.58. The van der Waals surface area contributed by atoms with E-state index in [2.05, 4.69) is 41.0 Å². The van der Waals surface area contributed by atoms with Gasteiger partial charge in [0.15, 0.2) is 0 Å². The van der Waals surface area contributed by atoms with Crippen LogP contribution in [0.5, 0.6) is 0 Å². The topological polar surface area (TPSA) is 42.2 Å². The average molecular weight is 267 g/mol. The number of rotatable bonds is 4. The first-order valence-corrected chi connectivity index (χ1v) is 6.67. The highest BCUT2D eigenvalue weighted by molar-refractivity contribution is 5.77. The van der Waals surface area contributed by atoms with E-state index in [1.165, 1.54) is 0 Å². The molecule has 102 valence electrons. The summed E-state index contributed by atoms with van der Waals surface area (Å²) in [6, 6.07) is 12.3. The number of furan rings is 1. The molecule has 0 bridgehead atoms. The van der Waals surface area contributed by atoms with Gasteiger partial charge in [-0.3, -0.25) is 4.90 Å². The van der Waals surface area contributed by atoms with Crippen LogP contribution in [0, 0.1) is 0 Å². The van der Waals surface area contributed by atoms with E-state index in [4.69, 9.17) is 4.42 Å². The summed E-state index contributed by atoms with van der Waals surface area (Å²) in [5, 5.41) is 1.14. The van der Waals surface area contributed by atoms with Crippen LogP contribution in [-0.4, -0.2) is 21.9 Å². The molecule has 4 nitrogen and oxygen atoms in total. The first-order chi connectivity index (χ1) is 9.74. The summed E-state index contributed by atoms with van der Waals surface area (Å²) in [7, 11) is 2.07. The molecule has 0 N–H and O–H groups in total. The Morgan fingerprint density at radius 1 is 1.25 bits per heavy atom. The number of fused-ring (bicyclic) bond motifs is 1. The van der Waals surface area contributed by atoms with Crippen LogP contribution in [0.15, 0.2) is 53.3 Å². The fourth-order valence-corrected chi connectivity index (χ4v) is 2.27. The molecule has 0 radical (unpaired) electrons. The minimum absolute atomic E-state index is 0.214. The first-order valence-electron chi connectivity index (χ1n) is 6.67. The highest BCUT2D eigenvalue weighted by atomic mass is 16.3. The molecule has 1 aromatic carbocycles. The SMILES string of the molecule is C[C@@H](c1ccncn1)N(C)Cc1cc2ccccc2o1. The van der Waals surface area contributed by atoms with Gasteiger partial charge in [0, 0.05) is 17.6 Å². The lowest BCUT2D eigenvalue weighted by molar-refractivity contribution is 0.231. The van der Waals surface area contributed by atoms with E-state index < -0.39 is 0 Å². The summed E-state index contributed by atoms with van der Waals surface area (Å²) in [5.74, 6) is 0.967. The van der Waals surface area contributed by atoms with Gasteiger partial charge in [0.05, 0.1) is 12.2 Å². The Kier molecular flexibility index (Phi) is 3.48. The van der Waals surface area contributed by atoms with E-state index in [1.54, 1.807) is 12.5 Å². The van der Waals surface area contributed by atoms with E-state index in [-0.39, 0.29) is 6.04 Å². The summed E-state index contributed by atoms with van der Waals surface area (Å²) in [4.78, 5) is 10.5. The van der Waals surface area contributed by atoms with Crippen LogP contribution in [0.1, 0.15) is 24.4 Å². The summed E-state index contributed by atoms with van der Waals surface area (Å²) in [6.07, 6.45) is 3.36. The number of benzene rings is 1. The summed E-state index contributed by atoms with van der Waals surface area (Å²) >= 11 is 0. The molecule has 0 spiro atoms. The zero-order valence-corrected chi connectivity index (χ0v) is 11.7. The van der Waals surface area contributed by atoms with Gasteiger partial charge in [0.2, 0.25) is 0 Å².